The maximum atomic E-state index is 13.1. The Balaban J connectivity index is 1.40. The third-order valence-corrected chi connectivity index (χ3v) is 7.80. The van der Waals surface area contributed by atoms with Crippen LogP contribution in [-0.4, -0.2) is 72.7 Å². The third kappa shape index (κ3) is 5.01. The minimum Gasteiger partial charge on any atom is -0.494 e. The van der Waals surface area contributed by atoms with Crippen molar-refractivity contribution in [1.82, 2.24) is 14.0 Å². The van der Waals surface area contributed by atoms with Crippen LogP contribution in [0.15, 0.2) is 84.0 Å². The van der Waals surface area contributed by atoms with Crippen molar-refractivity contribution in [2.45, 2.75) is 18.9 Å². The topological polar surface area (TPSA) is 120 Å². The number of piperidine rings is 1. The monoisotopic (exact) mass is 550 g/mol. The number of carbonyl (C=O) groups is 2. The second-order valence-electron chi connectivity index (χ2n) is 10.5. The van der Waals surface area contributed by atoms with E-state index < -0.39 is 5.97 Å². The van der Waals surface area contributed by atoms with Gasteiger partial charge >= 0.3 is 5.97 Å². The van der Waals surface area contributed by atoms with Crippen LogP contribution in [0.25, 0.3) is 21.8 Å². The van der Waals surface area contributed by atoms with Gasteiger partial charge in [0.15, 0.2) is 0 Å². The lowest BCUT2D eigenvalue weighted by atomic mass is 10.00. The number of nitrogens with zero attached hydrogens (tertiary/aromatic N) is 4. The molecule has 0 spiro atoms. The molecular formula is C32H30N4O5. The van der Waals surface area contributed by atoms with Gasteiger partial charge in [-0.15, -0.1) is 0 Å². The summed E-state index contributed by atoms with van der Waals surface area (Å²) in [6.07, 6.45) is 2.84. The van der Waals surface area contributed by atoms with E-state index in [1.54, 1.807) is 34.5 Å². The molecule has 3 aromatic carbocycles. The van der Waals surface area contributed by atoms with Gasteiger partial charge in [0.05, 0.1) is 46.2 Å². The average Bonchev–Trinajstić information content (AvgIpc) is 3.51. The van der Waals surface area contributed by atoms with E-state index >= 15 is 0 Å². The maximum Gasteiger partial charge on any atom is 0.335 e. The molecule has 41 heavy (non-hydrogen) atoms. The van der Waals surface area contributed by atoms with Gasteiger partial charge in [-0.3, -0.25) is 14.3 Å². The first-order valence-corrected chi connectivity index (χ1v) is 13.5. The molecule has 3 heterocycles. The number of aromatic nitrogens is 2. The Hall–Kier alpha value is -4.73. The Labute approximate surface area is 236 Å². The first-order valence-electron chi connectivity index (χ1n) is 13.5. The number of fused-ring (bicyclic) bond motifs is 2. The van der Waals surface area contributed by atoms with Crippen LogP contribution in [0.3, 0.4) is 0 Å². The van der Waals surface area contributed by atoms with Crippen LogP contribution in [0.2, 0.25) is 0 Å². The van der Waals surface area contributed by atoms with Gasteiger partial charge in [0.25, 0.3) is 0 Å². The van der Waals surface area contributed by atoms with Gasteiger partial charge in [0.2, 0.25) is 11.8 Å². The number of aliphatic hydroxyl groups excluding tert-OH is 1. The Morgan fingerprint density at radius 3 is 2.41 bits per heavy atom. The molecule has 1 saturated heterocycles. The number of aliphatic hydroxyl groups is 1. The fraction of sp³-hybridized carbons (Fsp3) is 0.219. The van der Waals surface area contributed by atoms with Gasteiger partial charge < -0.3 is 19.9 Å². The molecule has 0 atom stereocenters. The van der Waals surface area contributed by atoms with E-state index in [0.29, 0.717) is 60.3 Å². The molecular weight excluding hydrogens is 520 g/mol. The van der Waals surface area contributed by atoms with E-state index in [0.717, 1.165) is 16.5 Å². The van der Waals surface area contributed by atoms with Crippen molar-refractivity contribution in [3.63, 3.8) is 0 Å². The maximum absolute atomic E-state index is 13.1. The first-order chi connectivity index (χ1) is 19.8. The number of aromatic carboxylic acids is 1. The fourth-order valence-electron chi connectivity index (χ4n) is 5.54. The Morgan fingerprint density at radius 2 is 1.68 bits per heavy atom. The molecule has 0 radical (unpaired) electrons. The van der Waals surface area contributed by atoms with E-state index in [4.69, 9.17) is 4.99 Å². The standard InChI is InChI=1S/C32H30N4O5/c1-34-27-18-22(32(40)41)7-9-25(27)29(31(34)39)30(20-5-3-2-4-6-20)33-23-8-10-26-21(17-23)11-16-36(26)28(38)19-35-14-12-24(37)13-15-35/h2-11,16-18,24,37,39H,12-15,19H2,1H3,(H,40,41). The second kappa shape index (κ2) is 10.7. The number of aromatic hydroxyl groups is 1. The lowest BCUT2D eigenvalue weighted by Crippen LogP contribution is -2.40. The Bertz CT molecular complexity index is 1810. The van der Waals surface area contributed by atoms with Crippen LogP contribution >= 0.6 is 0 Å². The van der Waals surface area contributed by atoms with E-state index in [2.05, 4.69) is 4.90 Å². The zero-order valence-electron chi connectivity index (χ0n) is 22.6. The molecule has 9 heteroatoms. The van der Waals surface area contributed by atoms with Gasteiger partial charge in [0, 0.05) is 42.7 Å². The quantitative estimate of drug-likeness (QED) is 0.261. The highest BCUT2D eigenvalue weighted by molar-refractivity contribution is 6.22. The first kappa shape index (κ1) is 26.5. The SMILES string of the molecule is Cn1c(O)c(C(=Nc2ccc3c(ccn3C(=O)CN3CCC(O)CC3)c2)c2ccccc2)c2ccc(C(=O)O)cc21. The predicted octanol–water partition coefficient (Wildman–Crippen LogP) is 4.80. The summed E-state index contributed by atoms with van der Waals surface area (Å²) < 4.78 is 3.22. The van der Waals surface area contributed by atoms with Gasteiger partial charge in [0.1, 0.15) is 0 Å². The molecule has 9 nitrogen and oxygen atoms in total. The number of carboxylic acids is 1. The van der Waals surface area contributed by atoms with Crippen molar-refractivity contribution in [2.24, 2.45) is 12.0 Å². The smallest absolute Gasteiger partial charge is 0.335 e. The van der Waals surface area contributed by atoms with Crippen LogP contribution in [-0.2, 0) is 7.05 Å². The normalized spacial score (nSPS) is 15.1. The highest BCUT2D eigenvalue weighted by Gasteiger charge is 2.23. The number of benzene rings is 3. The summed E-state index contributed by atoms with van der Waals surface area (Å²) >= 11 is 0. The number of hydrogen-bond donors (Lipinski definition) is 3. The summed E-state index contributed by atoms with van der Waals surface area (Å²) in [6, 6.07) is 21.8. The van der Waals surface area contributed by atoms with Crippen LogP contribution in [0, 0.1) is 0 Å². The summed E-state index contributed by atoms with van der Waals surface area (Å²) in [5.41, 5.74) is 3.97. The van der Waals surface area contributed by atoms with Crippen molar-refractivity contribution in [3.05, 3.63) is 95.7 Å². The van der Waals surface area contributed by atoms with E-state index in [-0.39, 0.29) is 23.5 Å². The lowest BCUT2D eigenvalue weighted by molar-refractivity contribution is 0.0664. The zero-order chi connectivity index (χ0) is 28.7. The van der Waals surface area contributed by atoms with Gasteiger partial charge in [-0.2, -0.15) is 0 Å². The molecule has 6 rings (SSSR count). The average molecular weight is 551 g/mol. The number of carbonyl (C=O) groups excluding carboxylic acids is 1. The summed E-state index contributed by atoms with van der Waals surface area (Å²) in [6.45, 7) is 1.69. The van der Waals surface area contributed by atoms with Gasteiger partial charge in [-0.25, -0.2) is 9.79 Å². The Morgan fingerprint density at radius 1 is 0.927 bits per heavy atom. The summed E-state index contributed by atoms with van der Waals surface area (Å²) in [4.78, 5) is 31.7. The molecule has 0 saturated carbocycles. The van der Waals surface area contributed by atoms with Crippen molar-refractivity contribution in [1.29, 1.82) is 0 Å². The number of rotatable bonds is 6. The van der Waals surface area contributed by atoms with E-state index in [9.17, 15) is 24.9 Å². The molecule has 1 aliphatic rings. The van der Waals surface area contributed by atoms with Crippen LogP contribution in [0.1, 0.15) is 39.1 Å². The van der Waals surface area contributed by atoms with Crippen LogP contribution < -0.4 is 0 Å². The molecule has 0 bridgehead atoms. The minimum atomic E-state index is -1.04. The second-order valence-corrected chi connectivity index (χ2v) is 10.5. The van der Waals surface area contributed by atoms with Gasteiger partial charge in [-0.1, -0.05) is 36.4 Å². The number of aliphatic imine (C=N–C) groups is 1. The number of hydrogen-bond acceptors (Lipinski definition) is 6. The highest BCUT2D eigenvalue weighted by atomic mass is 16.4. The molecule has 0 unspecified atom stereocenters. The van der Waals surface area contributed by atoms with E-state index in [1.807, 2.05) is 54.6 Å². The zero-order valence-corrected chi connectivity index (χ0v) is 22.6. The van der Waals surface area contributed by atoms with Crippen molar-refractivity contribution >= 4 is 45.1 Å². The molecule has 1 fully saturated rings. The number of likely N-dealkylation sites (tertiary alicyclic amines) is 1. The number of aryl methyl sites for hydroxylation is 1. The third-order valence-electron chi connectivity index (χ3n) is 7.80. The molecule has 2 aromatic heterocycles. The fourth-order valence-corrected chi connectivity index (χ4v) is 5.54. The van der Waals surface area contributed by atoms with E-state index in [1.165, 1.54) is 6.07 Å². The Kier molecular flexibility index (Phi) is 6.90. The number of carboxylic acid groups (broad SMARTS) is 1. The van der Waals surface area contributed by atoms with Crippen molar-refractivity contribution < 1.29 is 24.9 Å². The van der Waals surface area contributed by atoms with Crippen LogP contribution in [0.5, 0.6) is 5.88 Å². The lowest BCUT2D eigenvalue weighted by Gasteiger charge is -2.28. The largest absolute Gasteiger partial charge is 0.494 e. The van der Waals surface area contributed by atoms with Crippen molar-refractivity contribution in [2.75, 3.05) is 19.6 Å². The molecule has 208 valence electrons. The minimum absolute atomic E-state index is 0.0202. The predicted molar refractivity (Wildman–Crippen MR) is 158 cm³/mol. The summed E-state index contributed by atoms with van der Waals surface area (Å²) in [7, 11) is 1.69. The molecule has 5 aromatic rings. The molecule has 0 aliphatic carbocycles. The van der Waals surface area contributed by atoms with Gasteiger partial charge in [-0.05, 0) is 49.2 Å². The summed E-state index contributed by atoms with van der Waals surface area (Å²) in [5, 5.41) is 32.0. The van der Waals surface area contributed by atoms with Crippen molar-refractivity contribution in [3.8, 4) is 5.88 Å². The molecule has 3 N–H and O–H groups in total. The van der Waals surface area contributed by atoms with Crippen LogP contribution in [0.4, 0.5) is 5.69 Å². The summed E-state index contributed by atoms with van der Waals surface area (Å²) in [5.74, 6) is -1.09. The highest BCUT2D eigenvalue weighted by Crippen LogP contribution is 2.35. The molecule has 0 amide bonds. The molecule has 1 aliphatic heterocycles.